The lowest BCUT2D eigenvalue weighted by molar-refractivity contribution is 0.0691. The fourth-order valence-electron chi connectivity index (χ4n) is 1.78. The van der Waals surface area contributed by atoms with E-state index in [2.05, 4.69) is 4.98 Å². The number of aromatic carboxylic acids is 1. The van der Waals surface area contributed by atoms with Gasteiger partial charge in [0, 0.05) is 12.4 Å². The van der Waals surface area contributed by atoms with E-state index in [1.165, 1.54) is 30.1 Å². The molecule has 0 spiro atoms. The first-order chi connectivity index (χ1) is 9.06. The second kappa shape index (κ2) is 4.93. The molecular formula is C13H12N2O4. The SMILES string of the molecule is COc1ccn(-c2cnccc2C)c(=O)c1C(=O)O. The third kappa shape index (κ3) is 2.20. The monoisotopic (exact) mass is 260 g/mol. The van der Waals surface area contributed by atoms with Crippen molar-refractivity contribution in [2.75, 3.05) is 7.11 Å². The van der Waals surface area contributed by atoms with Gasteiger partial charge in [-0.05, 0) is 24.6 Å². The topological polar surface area (TPSA) is 81.4 Å². The number of aryl methyl sites for hydroxylation is 1. The summed E-state index contributed by atoms with van der Waals surface area (Å²) < 4.78 is 6.14. The molecule has 2 aromatic heterocycles. The van der Waals surface area contributed by atoms with E-state index in [1.807, 2.05) is 6.92 Å². The first kappa shape index (κ1) is 12.8. The van der Waals surface area contributed by atoms with Crippen LogP contribution in [0.1, 0.15) is 15.9 Å². The molecule has 0 unspecified atom stereocenters. The van der Waals surface area contributed by atoms with Crippen molar-refractivity contribution in [1.82, 2.24) is 9.55 Å². The molecule has 0 aromatic carbocycles. The molecule has 6 heteroatoms. The summed E-state index contributed by atoms with van der Waals surface area (Å²) in [6, 6.07) is 3.18. The van der Waals surface area contributed by atoms with E-state index in [1.54, 1.807) is 12.3 Å². The molecule has 2 aromatic rings. The Bertz CT molecular complexity index is 691. The van der Waals surface area contributed by atoms with Gasteiger partial charge in [0.05, 0.1) is 19.0 Å². The number of aromatic nitrogens is 2. The molecule has 0 saturated heterocycles. The van der Waals surface area contributed by atoms with Crippen molar-refractivity contribution >= 4 is 5.97 Å². The van der Waals surface area contributed by atoms with Crippen molar-refractivity contribution in [2.24, 2.45) is 0 Å². The minimum Gasteiger partial charge on any atom is -0.496 e. The van der Waals surface area contributed by atoms with Gasteiger partial charge in [-0.2, -0.15) is 0 Å². The summed E-state index contributed by atoms with van der Waals surface area (Å²) in [7, 11) is 1.32. The van der Waals surface area contributed by atoms with Crippen LogP contribution in [0, 0.1) is 6.92 Å². The Morgan fingerprint density at radius 2 is 2.16 bits per heavy atom. The average Bonchev–Trinajstić information content (AvgIpc) is 2.39. The summed E-state index contributed by atoms with van der Waals surface area (Å²) in [5.74, 6) is -1.28. The van der Waals surface area contributed by atoms with Crippen LogP contribution in [0.15, 0.2) is 35.5 Å². The zero-order chi connectivity index (χ0) is 14.0. The van der Waals surface area contributed by atoms with Gasteiger partial charge >= 0.3 is 5.97 Å². The van der Waals surface area contributed by atoms with Crippen LogP contribution >= 0.6 is 0 Å². The van der Waals surface area contributed by atoms with E-state index in [4.69, 9.17) is 9.84 Å². The molecule has 0 aliphatic carbocycles. The Kier molecular flexibility index (Phi) is 3.33. The number of hydrogen-bond acceptors (Lipinski definition) is 4. The minimum atomic E-state index is -1.32. The first-order valence-electron chi connectivity index (χ1n) is 5.50. The van der Waals surface area contributed by atoms with Crippen LogP contribution in [0.25, 0.3) is 5.69 Å². The highest BCUT2D eigenvalue weighted by Crippen LogP contribution is 2.16. The lowest BCUT2D eigenvalue weighted by atomic mass is 10.2. The van der Waals surface area contributed by atoms with Gasteiger partial charge in [0.25, 0.3) is 5.56 Å². The predicted molar refractivity (Wildman–Crippen MR) is 68.1 cm³/mol. The number of pyridine rings is 2. The van der Waals surface area contributed by atoms with Gasteiger partial charge in [-0.1, -0.05) is 0 Å². The van der Waals surface area contributed by atoms with Crippen molar-refractivity contribution in [3.05, 3.63) is 52.2 Å². The number of methoxy groups -OCH3 is 1. The summed E-state index contributed by atoms with van der Waals surface area (Å²) in [5, 5.41) is 9.11. The van der Waals surface area contributed by atoms with E-state index in [0.29, 0.717) is 5.69 Å². The van der Waals surface area contributed by atoms with Crippen LogP contribution in [0.3, 0.4) is 0 Å². The third-order valence-electron chi connectivity index (χ3n) is 2.76. The van der Waals surface area contributed by atoms with Crippen LogP contribution in [-0.4, -0.2) is 27.7 Å². The molecule has 2 rings (SSSR count). The maximum Gasteiger partial charge on any atom is 0.345 e. The Labute approximate surface area is 108 Å². The highest BCUT2D eigenvalue weighted by atomic mass is 16.5. The molecule has 98 valence electrons. The Morgan fingerprint density at radius 1 is 1.42 bits per heavy atom. The molecule has 0 bridgehead atoms. The van der Waals surface area contributed by atoms with Crippen LogP contribution in [0.5, 0.6) is 5.75 Å². The third-order valence-corrected chi connectivity index (χ3v) is 2.76. The Balaban J connectivity index is 2.75. The summed E-state index contributed by atoms with van der Waals surface area (Å²) >= 11 is 0. The van der Waals surface area contributed by atoms with Crippen LogP contribution in [0.4, 0.5) is 0 Å². The highest BCUT2D eigenvalue weighted by molar-refractivity contribution is 5.90. The normalized spacial score (nSPS) is 10.2. The molecule has 0 atom stereocenters. The molecule has 0 aliphatic rings. The lowest BCUT2D eigenvalue weighted by Crippen LogP contribution is -2.26. The van der Waals surface area contributed by atoms with Gasteiger partial charge in [0.1, 0.15) is 5.75 Å². The summed E-state index contributed by atoms with van der Waals surface area (Å²) in [5.41, 5.74) is 0.312. The fourth-order valence-corrected chi connectivity index (χ4v) is 1.78. The van der Waals surface area contributed by atoms with Crippen molar-refractivity contribution in [2.45, 2.75) is 6.92 Å². The zero-order valence-corrected chi connectivity index (χ0v) is 10.5. The molecule has 19 heavy (non-hydrogen) atoms. The molecule has 0 saturated carbocycles. The number of rotatable bonds is 3. The maximum atomic E-state index is 12.2. The largest absolute Gasteiger partial charge is 0.496 e. The van der Waals surface area contributed by atoms with Crippen LogP contribution in [0.2, 0.25) is 0 Å². The van der Waals surface area contributed by atoms with Gasteiger partial charge in [-0.15, -0.1) is 0 Å². The fraction of sp³-hybridized carbons (Fsp3) is 0.154. The molecule has 0 radical (unpaired) electrons. The van der Waals surface area contributed by atoms with E-state index >= 15 is 0 Å². The summed E-state index contributed by atoms with van der Waals surface area (Å²) in [6.07, 6.45) is 4.58. The van der Waals surface area contributed by atoms with Crippen molar-refractivity contribution in [3.63, 3.8) is 0 Å². The Hall–Kier alpha value is -2.63. The molecule has 0 fully saturated rings. The van der Waals surface area contributed by atoms with Gasteiger partial charge < -0.3 is 9.84 Å². The highest BCUT2D eigenvalue weighted by Gasteiger charge is 2.18. The van der Waals surface area contributed by atoms with Gasteiger partial charge in [0.2, 0.25) is 0 Å². The second-order valence-electron chi connectivity index (χ2n) is 3.90. The van der Waals surface area contributed by atoms with Crippen LogP contribution < -0.4 is 10.3 Å². The quantitative estimate of drug-likeness (QED) is 0.898. The van der Waals surface area contributed by atoms with Crippen molar-refractivity contribution in [3.8, 4) is 11.4 Å². The lowest BCUT2D eigenvalue weighted by Gasteiger charge is -2.11. The molecule has 1 N–H and O–H groups in total. The predicted octanol–water partition coefficient (Wildman–Crippen LogP) is 1.25. The second-order valence-corrected chi connectivity index (χ2v) is 3.90. The number of carbonyl (C=O) groups is 1. The van der Waals surface area contributed by atoms with Crippen molar-refractivity contribution in [1.29, 1.82) is 0 Å². The van der Waals surface area contributed by atoms with E-state index in [0.717, 1.165) is 5.56 Å². The molecule has 2 heterocycles. The number of nitrogens with zero attached hydrogens (tertiary/aromatic N) is 2. The summed E-state index contributed by atoms with van der Waals surface area (Å²) in [6.45, 7) is 1.81. The van der Waals surface area contributed by atoms with E-state index < -0.39 is 17.1 Å². The molecular weight excluding hydrogens is 248 g/mol. The number of carboxylic acids is 1. The maximum absolute atomic E-state index is 12.2. The van der Waals surface area contributed by atoms with Gasteiger partial charge in [-0.3, -0.25) is 14.3 Å². The van der Waals surface area contributed by atoms with Gasteiger partial charge in [0.15, 0.2) is 5.56 Å². The summed E-state index contributed by atoms with van der Waals surface area (Å²) in [4.78, 5) is 27.3. The van der Waals surface area contributed by atoms with Crippen LogP contribution in [-0.2, 0) is 0 Å². The molecule has 6 nitrogen and oxygen atoms in total. The minimum absolute atomic E-state index is 0.0373. The number of hydrogen-bond donors (Lipinski definition) is 1. The number of ether oxygens (including phenoxy) is 1. The van der Waals surface area contributed by atoms with E-state index in [-0.39, 0.29) is 5.75 Å². The van der Waals surface area contributed by atoms with Crippen molar-refractivity contribution < 1.29 is 14.6 Å². The molecule has 0 amide bonds. The zero-order valence-electron chi connectivity index (χ0n) is 10.5. The Morgan fingerprint density at radius 3 is 2.74 bits per heavy atom. The number of carboxylic acid groups (broad SMARTS) is 1. The standard InChI is InChI=1S/C13H12N2O4/c1-8-3-5-14-7-9(8)15-6-4-10(19-2)11(12(15)16)13(17)18/h3-7H,1-2H3,(H,17,18). The average molecular weight is 260 g/mol. The smallest absolute Gasteiger partial charge is 0.345 e. The first-order valence-corrected chi connectivity index (χ1v) is 5.50. The van der Waals surface area contributed by atoms with E-state index in [9.17, 15) is 9.59 Å². The molecule has 0 aliphatic heterocycles. The van der Waals surface area contributed by atoms with Gasteiger partial charge in [-0.25, -0.2) is 4.79 Å².